The number of ketones is 1. The number of aryl methyl sites for hydroxylation is 2. The maximum absolute atomic E-state index is 11.7. The van der Waals surface area contributed by atoms with E-state index in [1.54, 1.807) is 25.3 Å². The van der Waals surface area contributed by atoms with Gasteiger partial charge in [0, 0.05) is 0 Å². The van der Waals surface area contributed by atoms with Gasteiger partial charge in [0.25, 0.3) is 0 Å². The van der Waals surface area contributed by atoms with Crippen LogP contribution in [-0.2, 0) is 6.61 Å². The minimum atomic E-state index is -0.0716. The van der Waals surface area contributed by atoms with Crippen LogP contribution in [0.15, 0.2) is 22.7 Å². The maximum Gasteiger partial charge on any atom is 0.172 e. The first kappa shape index (κ1) is 14.1. The minimum absolute atomic E-state index is 0.0716. The van der Waals surface area contributed by atoms with Gasteiger partial charge in [-0.05, 0) is 32.9 Å². The summed E-state index contributed by atoms with van der Waals surface area (Å²) in [6.45, 7) is 5.45. The summed E-state index contributed by atoms with van der Waals surface area (Å²) in [5.74, 6) is 1.62. The van der Waals surface area contributed by atoms with E-state index in [1.165, 1.54) is 6.92 Å². The van der Waals surface area contributed by atoms with Crippen molar-refractivity contribution in [2.24, 2.45) is 0 Å². The quantitative estimate of drug-likeness (QED) is 0.785. The van der Waals surface area contributed by atoms with Gasteiger partial charge < -0.3 is 14.0 Å². The van der Waals surface area contributed by atoms with Crippen molar-refractivity contribution in [3.05, 3.63) is 40.8 Å². The summed E-state index contributed by atoms with van der Waals surface area (Å²) in [6, 6.07) is 5.24. The van der Waals surface area contributed by atoms with Gasteiger partial charge in [0.15, 0.2) is 17.3 Å². The third-order valence-electron chi connectivity index (χ3n) is 3.12. The lowest BCUT2D eigenvalue weighted by molar-refractivity contribution is 0.101. The predicted molar refractivity (Wildman–Crippen MR) is 73.3 cm³/mol. The number of hydrogen-bond donors (Lipinski definition) is 0. The van der Waals surface area contributed by atoms with Crippen LogP contribution in [0.2, 0.25) is 0 Å². The molecule has 2 aromatic rings. The summed E-state index contributed by atoms with van der Waals surface area (Å²) < 4.78 is 16.1. The van der Waals surface area contributed by atoms with Crippen molar-refractivity contribution in [3.63, 3.8) is 0 Å². The van der Waals surface area contributed by atoms with E-state index in [1.807, 2.05) is 13.8 Å². The van der Waals surface area contributed by atoms with Crippen molar-refractivity contribution >= 4 is 5.78 Å². The number of ether oxygens (including phenoxy) is 2. The number of carbonyl (C=O) groups excluding carboxylic acids is 1. The summed E-state index contributed by atoms with van der Waals surface area (Å²) in [6.07, 6.45) is 0. The van der Waals surface area contributed by atoms with Gasteiger partial charge in [0.1, 0.15) is 12.4 Å². The van der Waals surface area contributed by atoms with Gasteiger partial charge in [0.2, 0.25) is 0 Å². The van der Waals surface area contributed by atoms with Crippen molar-refractivity contribution in [1.29, 1.82) is 0 Å². The molecule has 0 atom stereocenters. The number of carbonyl (C=O) groups is 1. The molecule has 1 heterocycles. The van der Waals surface area contributed by atoms with E-state index in [2.05, 4.69) is 5.16 Å². The van der Waals surface area contributed by atoms with Crippen LogP contribution in [0.1, 0.15) is 34.3 Å². The highest BCUT2D eigenvalue weighted by molar-refractivity contribution is 5.97. The Bertz CT molecular complexity index is 611. The van der Waals surface area contributed by atoms with Gasteiger partial charge in [-0.25, -0.2) is 0 Å². The van der Waals surface area contributed by atoms with E-state index in [9.17, 15) is 4.79 Å². The van der Waals surface area contributed by atoms with Gasteiger partial charge in [-0.2, -0.15) is 0 Å². The standard InChI is InChI=1S/C15H17NO4/c1-9-13(11(3)20-16-9)8-19-15-12(10(2)17)6-5-7-14(15)18-4/h5-7H,8H2,1-4H3. The van der Waals surface area contributed by atoms with E-state index in [-0.39, 0.29) is 12.4 Å². The first-order chi connectivity index (χ1) is 9.54. The number of hydrogen-bond acceptors (Lipinski definition) is 5. The monoisotopic (exact) mass is 275 g/mol. The number of Topliss-reactive ketones (excluding diaryl/α,β-unsaturated/α-hetero) is 1. The molecule has 0 radical (unpaired) electrons. The summed E-state index contributed by atoms with van der Waals surface area (Å²) >= 11 is 0. The predicted octanol–water partition coefficient (Wildman–Crippen LogP) is 3.08. The lowest BCUT2D eigenvalue weighted by Crippen LogP contribution is -2.04. The fourth-order valence-corrected chi connectivity index (χ4v) is 1.95. The van der Waals surface area contributed by atoms with Gasteiger partial charge in [-0.15, -0.1) is 0 Å². The molecule has 0 N–H and O–H groups in total. The van der Waals surface area contributed by atoms with Gasteiger partial charge in [-0.3, -0.25) is 4.79 Å². The van der Waals surface area contributed by atoms with Crippen LogP contribution in [0.25, 0.3) is 0 Å². The number of methoxy groups -OCH3 is 1. The van der Waals surface area contributed by atoms with Gasteiger partial charge in [-0.1, -0.05) is 11.2 Å². The third-order valence-corrected chi connectivity index (χ3v) is 3.12. The Labute approximate surface area is 117 Å². The molecule has 0 aliphatic heterocycles. The number of aromatic nitrogens is 1. The lowest BCUT2D eigenvalue weighted by Gasteiger charge is -2.13. The summed E-state index contributed by atoms with van der Waals surface area (Å²) in [7, 11) is 1.54. The average molecular weight is 275 g/mol. The van der Waals surface area contributed by atoms with Crippen molar-refractivity contribution in [3.8, 4) is 11.5 Å². The average Bonchev–Trinajstić information content (AvgIpc) is 2.75. The van der Waals surface area contributed by atoms with Gasteiger partial charge >= 0.3 is 0 Å². The molecule has 0 aliphatic rings. The van der Waals surface area contributed by atoms with Crippen LogP contribution in [0.4, 0.5) is 0 Å². The van der Waals surface area contributed by atoms with Crippen LogP contribution >= 0.6 is 0 Å². The molecular weight excluding hydrogens is 258 g/mol. The Kier molecular flexibility index (Phi) is 4.08. The molecule has 2 rings (SSSR count). The molecule has 0 saturated carbocycles. The minimum Gasteiger partial charge on any atom is -0.493 e. The molecule has 0 aliphatic carbocycles. The second kappa shape index (κ2) is 5.77. The maximum atomic E-state index is 11.7. The zero-order valence-electron chi connectivity index (χ0n) is 12.0. The van der Waals surface area contributed by atoms with Crippen LogP contribution in [0.3, 0.4) is 0 Å². The molecule has 5 nitrogen and oxygen atoms in total. The molecule has 106 valence electrons. The Morgan fingerprint density at radius 1 is 1.35 bits per heavy atom. The number of para-hydroxylation sites is 1. The molecule has 0 bridgehead atoms. The van der Waals surface area contributed by atoms with E-state index in [0.717, 1.165) is 11.3 Å². The second-order valence-corrected chi connectivity index (χ2v) is 4.48. The third kappa shape index (κ3) is 2.66. The van der Waals surface area contributed by atoms with Crippen molar-refractivity contribution in [2.45, 2.75) is 27.4 Å². The Hall–Kier alpha value is -2.30. The molecule has 0 fully saturated rings. The largest absolute Gasteiger partial charge is 0.493 e. The molecule has 0 amide bonds. The molecule has 1 aromatic carbocycles. The van der Waals surface area contributed by atoms with Crippen LogP contribution in [-0.4, -0.2) is 18.0 Å². The summed E-state index contributed by atoms with van der Waals surface area (Å²) in [4.78, 5) is 11.7. The summed E-state index contributed by atoms with van der Waals surface area (Å²) in [5.41, 5.74) is 2.16. The fraction of sp³-hybridized carbons (Fsp3) is 0.333. The first-order valence-electron chi connectivity index (χ1n) is 6.27. The smallest absolute Gasteiger partial charge is 0.172 e. The van der Waals surface area contributed by atoms with Crippen molar-refractivity contribution in [1.82, 2.24) is 5.16 Å². The van der Waals surface area contributed by atoms with E-state index in [0.29, 0.717) is 22.8 Å². The summed E-state index contributed by atoms with van der Waals surface area (Å²) in [5, 5.41) is 3.88. The normalized spacial score (nSPS) is 10.4. The SMILES string of the molecule is COc1cccc(C(C)=O)c1OCc1c(C)noc1C. The Balaban J connectivity index is 2.31. The lowest BCUT2D eigenvalue weighted by atomic mass is 10.1. The van der Waals surface area contributed by atoms with Crippen molar-refractivity contribution in [2.75, 3.05) is 7.11 Å². The fourth-order valence-electron chi connectivity index (χ4n) is 1.95. The number of benzene rings is 1. The Morgan fingerprint density at radius 2 is 2.10 bits per heavy atom. The van der Waals surface area contributed by atoms with Gasteiger partial charge in [0.05, 0.1) is 23.9 Å². The molecule has 0 spiro atoms. The van der Waals surface area contributed by atoms with E-state index < -0.39 is 0 Å². The number of rotatable bonds is 5. The molecule has 1 aromatic heterocycles. The highest BCUT2D eigenvalue weighted by Gasteiger charge is 2.16. The van der Waals surface area contributed by atoms with E-state index in [4.69, 9.17) is 14.0 Å². The Morgan fingerprint density at radius 3 is 2.65 bits per heavy atom. The topological polar surface area (TPSA) is 61.6 Å². The zero-order chi connectivity index (χ0) is 14.7. The first-order valence-corrected chi connectivity index (χ1v) is 6.27. The van der Waals surface area contributed by atoms with Crippen LogP contribution in [0, 0.1) is 13.8 Å². The van der Waals surface area contributed by atoms with E-state index >= 15 is 0 Å². The zero-order valence-corrected chi connectivity index (χ0v) is 12.0. The molecular formula is C15H17NO4. The van der Waals surface area contributed by atoms with Crippen molar-refractivity contribution < 1.29 is 18.8 Å². The highest BCUT2D eigenvalue weighted by Crippen LogP contribution is 2.32. The van der Waals surface area contributed by atoms with Crippen LogP contribution in [0.5, 0.6) is 11.5 Å². The second-order valence-electron chi connectivity index (χ2n) is 4.48. The van der Waals surface area contributed by atoms with Crippen LogP contribution < -0.4 is 9.47 Å². The molecule has 0 unspecified atom stereocenters. The number of nitrogens with zero attached hydrogens (tertiary/aromatic N) is 1. The molecule has 0 saturated heterocycles. The molecule has 5 heteroatoms. The molecule has 20 heavy (non-hydrogen) atoms. The highest BCUT2D eigenvalue weighted by atomic mass is 16.5.